The van der Waals surface area contributed by atoms with Crippen LogP contribution in [0.5, 0.6) is 0 Å². The SMILES string of the molecule is CC(C)c1ccc(/C=C2/OCCOC2=O)cc1. The first-order chi connectivity index (χ1) is 8.16. The summed E-state index contributed by atoms with van der Waals surface area (Å²) in [7, 11) is 0. The van der Waals surface area contributed by atoms with Crippen molar-refractivity contribution in [3.8, 4) is 0 Å². The van der Waals surface area contributed by atoms with Crippen molar-refractivity contribution in [2.75, 3.05) is 13.2 Å². The standard InChI is InChI=1S/C14H16O3/c1-10(2)12-5-3-11(4-6-12)9-13-14(15)17-8-7-16-13/h3-6,9-10H,7-8H2,1-2H3/b13-9+. The molecule has 1 saturated heterocycles. The van der Waals surface area contributed by atoms with Gasteiger partial charge in [0, 0.05) is 0 Å². The summed E-state index contributed by atoms with van der Waals surface area (Å²) in [6, 6.07) is 8.08. The topological polar surface area (TPSA) is 35.5 Å². The van der Waals surface area contributed by atoms with E-state index in [1.807, 2.05) is 12.1 Å². The third-order valence-electron chi connectivity index (χ3n) is 2.68. The van der Waals surface area contributed by atoms with Crippen LogP contribution in [0.3, 0.4) is 0 Å². The van der Waals surface area contributed by atoms with E-state index in [0.29, 0.717) is 19.1 Å². The van der Waals surface area contributed by atoms with Crippen LogP contribution in [0.25, 0.3) is 6.08 Å². The minimum atomic E-state index is -0.385. The molecule has 3 heteroatoms. The van der Waals surface area contributed by atoms with Crippen molar-refractivity contribution >= 4 is 12.0 Å². The lowest BCUT2D eigenvalue weighted by Gasteiger charge is -2.15. The minimum Gasteiger partial charge on any atom is -0.483 e. The van der Waals surface area contributed by atoms with Gasteiger partial charge in [0.2, 0.25) is 5.76 Å². The van der Waals surface area contributed by atoms with E-state index in [-0.39, 0.29) is 11.7 Å². The van der Waals surface area contributed by atoms with Gasteiger partial charge in [-0.15, -0.1) is 0 Å². The van der Waals surface area contributed by atoms with Crippen LogP contribution in [0.1, 0.15) is 30.9 Å². The van der Waals surface area contributed by atoms with Gasteiger partial charge >= 0.3 is 5.97 Å². The molecular formula is C14H16O3. The van der Waals surface area contributed by atoms with Gasteiger partial charge in [0.05, 0.1) is 0 Å². The monoisotopic (exact) mass is 232 g/mol. The molecule has 1 heterocycles. The van der Waals surface area contributed by atoms with Gasteiger partial charge in [-0.05, 0) is 23.1 Å². The molecule has 0 bridgehead atoms. The van der Waals surface area contributed by atoms with Gasteiger partial charge in [0.25, 0.3) is 0 Å². The number of hydrogen-bond donors (Lipinski definition) is 0. The number of benzene rings is 1. The molecule has 0 radical (unpaired) electrons. The number of ether oxygens (including phenoxy) is 2. The smallest absolute Gasteiger partial charge is 0.373 e. The first-order valence-corrected chi connectivity index (χ1v) is 5.78. The van der Waals surface area contributed by atoms with Crippen molar-refractivity contribution in [1.29, 1.82) is 0 Å². The highest BCUT2D eigenvalue weighted by Crippen LogP contribution is 2.17. The van der Waals surface area contributed by atoms with E-state index in [4.69, 9.17) is 9.47 Å². The first-order valence-electron chi connectivity index (χ1n) is 5.78. The molecule has 0 unspecified atom stereocenters. The lowest BCUT2D eigenvalue weighted by molar-refractivity contribution is -0.150. The zero-order valence-corrected chi connectivity index (χ0v) is 10.1. The molecule has 0 spiro atoms. The average Bonchev–Trinajstić information content (AvgIpc) is 2.33. The second-order valence-electron chi connectivity index (χ2n) is 4.31. The number of carbonyl (C=O) groups is 1. The Labute approximate surface area is 101 Å². The highest BCUT2D eigenvalue weighted by Gasteiger charge is 2.17. The van der Waals surface area contributed by atoms with E-state index < -0.39 is 0 Å². The van der Waals surface area contributed by atoms with Gasteiger partial charge < -0.3 is 9.47 Å². The highest BCUT2D eigenvalue weighted by atomic mass is 16.6. The van der Waals surface area contributed by atoms with Gasteiger partial charge in [0.15, 0.2) is 0 Å². The summed E-state index contributed by atoms with van der Waals surface area (Å²) >= 11 is 0. The zero-order valence-electron chi connectivity index (χ0n) is 10.1. The summed E-state index contributed by atoms with van der Waals surface area (Å²) in [5.41, 5.74) is 2.22. The lowest BCUT2D eigenvalue weighted by atomic mass is 10.0. The molecule has 1 aliphatic rings. The van der Waals surface area contributed by atoms with Gasteiger partial charge in [-0.3, -0.25) is 0 Å². The minimum absolute atomic E-state index is 0.286. The number of cyclic esters (lactones) is 1. The molecular weight excluding hydrogens is 216 g/mol. The Morgan fingerprint density at radius 1 is 1.12 bits per heavy atom. The Bertz CT molecular complexity index is 429. The van der Waals surface area contributed by atoms with Crippen LogP contribution < -0.4 is 0 Å². The van der Waals surface area contributed by atoms with Crippen LogP contribution >= 0.6 is 0 Å². The Balaban J connectivity index is 2.17. The molecule has 3 nitrogen and oxygen atoms in total. The zero-order chi connectivity index (χ0) is 12.3. The highest BCUT2D eigenvalue weighted by molar-refractivity contribution is 5.91. The largest absolute Gasteiger partial charge is 0.483 e. The molecule has 17 heavy (non-hydrogen) atoms. The van der Waals surface area contributed by atoms with Crippen molar-refractivity contribution in [2.24, 2.45) is 0 Å². The fraction of sp³-hybridized carbons (Fsp3) is 0.357. The van der Waals surface area contributed by atoms with E-state index >= 15 is 0 Å². The molecule has 0 amide bonds. The quantitative estimate of drug-likeness (QED) is 0.581. The van der Waals surface area contributed by atoms with Gasteiger partial charge in [0.1, 0.15) is 13.2 Å². The van der Waals surface area contributed by atoms with E-state index in [1.54, 1.807) is 6.08 Å². The predicted molar refractivity (Wildman–Crippen MR) is 65.4 cm³/mol. The molecule has 1 aromatic rings. The number of rotatable bonds is 2. The first kappa shape index (κ1) is 11.7. The van der Waals surface area contributed by atoms with E-state index in [9.17, 15) is 4.79 Å². The number of hydrogen-bond acceptors (Lipinski definition) is 3. The molecule has 0 saturated carbocycles. The maximum atomic E-state index is 11.4. The summed E-state index contributed by atoms with van der Waals surface area (Å²) in [5, 5.41) is 0. The Kier molecular flexibility index (Phi) is 3.47. The van der Waals surface area contributed by atoms with Crippen LogP contribution in [0.4, 0.5) is 0 Å². The Morgan fingerprint density at radius 2 is 1.76 bits per heavy atom. The second-order valence-corrected chi connectivity index (χ2v) is 4.31. The normalized spacial score (nSPS) is 18.1. The maximum Gasteiger partial charge on any atom is 0.373 e. The Hall–Kier alpha value is -1.77. The molecule has 90 valence electrons. The third-order valence-corrected chi connectivity index (χ3v) is 2.68. The van der Waals surface area contributed by atoms with Crippen molar-refractivity contribution in [2.45, 2.75) is 19.8 Å². The summed E-state index contributed by atoms with van der Waals surface area (Å²) < 4.78 is 10.2. The van der Waals surface area contributed by atoms with Crippen molar-refractivity contribution in [3.05, 3.63) is 41.2 Å². The second kappa shape index (κ2) is 5.04. The lowest BCUT2D eigenvalue weighted by Crippen LogP contribution is -2.21. The molecule has 0 N–H and O–H groups in total. The molecule has 2 rings (SSSR count). The van der Waals surface area contributed by atoms with Gasteiger partial charge in [-0.25, -0.2) is 4.79 Å². The van der Waals surface area contributed by atoms with Crippen LogP contribution in [0, 0.1) is 0 Å². The number of carbonyl (C=O) groups excluding carboxylic acids is 1. The molecule has 1 aromatic carbocycles. The summed E-state index contributed by atoms with van der Waals surface area (Å²) in [6.45, 7) is 5.06. The molecule has 0 aliphatic carbocycles. The van der Waals surface area contributed by atoms with Crippen LogP contribution in [-0.2, 0) is 14.3 Å². The van der Waals surface area contributed by atoms with Crippen molar-refractivity contribution in [3.63, 3.8) is 0 Å². The summed E-state index contributed by atoms with van der Waals surface area (Å²) in [6.07, 6.45) is 1.71. The average molecular weight is 232 g/mol. The molecule has 0 atom stereocenters. The fourth-order valence-electron chi connectivity index (χ4n) is 1.65. The van der Waals surface area contributed by atoms with E-state index in [1.165, 1.54) is 5.56 Å². The van der Waals surface area contributed by atoms with Crippen LogP contribution in [0.15, 0.2) is 30.0 Å². The van der Waals surface area contributed by atoms with Crippen molar-refractivity contribution in [1.82, 2.24) is 0 Å². The maximum absolute atomic E-state index is 11.4. The predicted octanol–water partition coefficient (Wildman–Crippen LogP) is 2.72. The van der Waals surface area contributed by atoms with E-state index in [2.05, 4.69) is 26.0 Å². The van der Waals surface area contributed by atoms with Gasteiger partial charge in [-0.2, -0.15) is 0 Å². The molecule has 1 aliphatic heterocycles. The third kappa shape index (κ3) is 2.87. The number of esters is 1. The van der Waals surface area contributed by atoms with E-state index in [0.717, 1.165) is 5.56 Å². The Morgan fingerprint density at radius 3 is 2.35 bits per heavy atom. The fourth-order valence-corrected chi connectivity index (χ4v) is 1.65. The molecule has 1 fully saturated rings. The van der Waals surface area contributed by atoms with Crippen LogP contribution in [-0.4, -0.2) is 19.2 Å². The summed E-state index contributed by atoms with van der Waals surface area (Å²) in [5.74, 6) is 0.408. The van der Waals surface area contributed by atoms with Crippen molar-refractivity contribution < 1.29 is 14.3 Å². The van der Waals surface area contributed by atoms with Crippen LogP contribution in [0.2, 0.25) is 0 Å². The molecule has 0 aromatic heterocycles. The summed E-state index contributed by atoms with van der Waals surface area (Å²) in [4.78, 5) is 11.4. The van der Waals surface area contributed by atoms with Gasteiger partial charge in [-0.1, -0.05) is 38.1 Å².